The van der Waals surface area contributed by atoms with Crippen LogP contribution in [0.3, 0.4) is 0 Å². The highest BCUT2D eigenvalue weighted by atomic mass is 32.1. The van der Waals surface area contributed by atoms with E-state index in [9.17, 15) is 9.59 Å². The van der Waals surface area contributed by atoms with Gasteiger partial charge in [-0.25, -0.2) is 9.78 Å². The van der Waals surface area contributed by atoms with Gasteiger partial charge in [0.1, 0.15) is 5.75 Å². The molecule has 2 aromatic carbocycles. The van der Waals surface area contributed by atoms with Crippen molar-refractivity contribution in [1.82, 2.24) is 4.98 Å². The molecule has 0 bridgehead atoms. The fourth-order valence-corrected chi connectivity index (χ4v) is 3.84. The number of hydrogen-bond acceptors (Lipinski definition) is 6. The molecular formula is C21H22N2O4S. The largest absolute Gasteiger partial charge is 0.482 e. The second-order valence-corrected chi connectivity index (χ2v) is 7.67. The van der Waals surface area contributed by atoms with E-state index in [0.717, 1.165) is 32.5 Å². The Bertz CT molecular complexity index is 1040. The van der Waals surface area contributed by atoms with Crippen LogP contribution in [-0.4, -0.2) is 30.1 Å². The number of esters is 1. The SMILES string of the molecule is Cc1cc(C)c2nc(NC(=O)COC(=O)COc3cccc(C)c3C)sc2c1. The zero-order valence-electron chi connectivity index (χ0n) is 16.3. The first-order valence-electron chi connectivity index (χ1n) is 8.86. The van der Waals surface area contributed by atoms with Crippen molar-refractivity contribution in [2.45, 2.75) is 27.7 Å². The minimum atomic E-state index is -0.605. The maximum absolute atomic E-state index is 12.1. The molecule has 0 radical (unpaired) electrons. The summed E-state index contributed by atoms with van der Waals surface area (Å²) in [5.74, 6) is -0.415. The second kappa shape index (κ2) is 8.39. The van der Waals surface area contributed by atoms with Crippen LogP contribution in [0.15, 0.2) is 30.3 Å². The molecule has 0 saturated heterocycles. The Morgan fingerprint density at radius 1 is 1.07 bits per heavy atom. The van der Waals surface area contributed by atoms with E-state index >= 15 is 0 Å². The van der Waals surface area contributed by atoms with Crippen LogP contribution in [0, 0.1) is 27.7 Å². The Balaban J connectivity index is 1.50. The van der Waals surface area contributed by atoms with Gasteiger partial charge in [0, 0.05) is 0 Å². The van der Waals surface area contributed by atoms with E-state index in [1.165, 1.54) is 11.3 Å². The highest BCUT2D eigenvalue weighted by Gasteiger charge is 2.13. The smallest absolute Gasteiger partial charge is 0.344 e. The number of nitrogens with one attached hydrogen (secondary N) is 1. The zero-order valence-corrected chi connectivity index (χ0v) is 17.1. The van der Waals surface area contributed by atoms with Crippen LogP contribution < -0.4 is 10.1 Å². The predicted molar refractivity (Wildman–Crippen MR) is 110 cm³/mol. The Morgan fingerprint density at radius 3 is 2.64 bits per heavy atom. The minimum Gasteiger partial charge on any atom is -0.482 e. The molecule has 1 heterocycles. The van der Waals surface area contributed by atoms with Crippen LogP contribution >= 0.6 is 11.3 Å². The van der Waals surface area contributed by atoms with Crippen molar-refractivity contribution in [2.24, 2.45) is 0 Å². The Kier molecular flexibility index (Phi) is 5.94. The molecule has 7 heteroatoms. The lowest BCUT2D eigenvalue weighted by Crippen LogP contribution is -2.23. The fraction of sp³-hybridized carbons (Fsp3) is 0.286. The highest BCUT2D eigenvalue weighted by molar-refractivity contribution is 7.22. The average molecular weight is 398 g/mol. The third-order valence-electron chi connectivity index (χ3n) is 4.34. The Morgan fingerprint density at radius 2 is 1.86 bits per heavy atom. The van der Waals surface area contributed by atoms with Gasteiger partial charge < -0.3 is 9.47 Å². The van der Waals surface area contributed by atoms with E-state index in [1.807, 2.05) is 52.0 Å². The van der Waals surface area contributed by atoms with Crippen molar-refractivity contribution in [3.63, 3.8) is 0 Å². The van der Waals surface area contributed by atoms with Crippen molar-refractivity contribution in [3.8, 4) is 5.75 Å². The fourth-order valence-electron chi connectivity index (χ4n) is 2.78. The third-order valence-corrected chi connectivity index (χ3v) is 5.26. The molecule has 0 aliphatic carbocycles. The summed E-state index contributed by atoms with van der Waals surface area (Å²) in [6, 6.07) is 9.69. The second-order valence-electron chi connectivity index (χ2n) is 6.64. The quantitative estimate of drug-likeness (QED) is 0.633. The highest BCUT2D eigenvalue weighted by Crippen LogP contribution is 2.29. The summed E-state index contributed by atoms with van der Waals surface area (Å²) < 4.78 is 11.5. The summed E-state index contributed by atoms with van der Waals surface area (Å²) in [4.78, 5) is 28.3. The number of thiazole rings is 1. The first-order valence-corrected chi connectivity index (χ1v) is 9.67. The van der Waals surface area contributed by atoms with E-state index in [-0.39, 0.29) is 13.2 Å². The molecule has 1 aromatic heterocycles. The van der Waals surface area contributed by atoms with Gasteiger partial charge in [-0.3, -0.25) is 10.1 Å². The van der Waals surface area contributed by atoms with E-state index < -0.39 is 11.9 Å². The topological polar surface area (TPSA) is 77.5 Å². The Labute approximate surface area is 167 Å². The molecule has 0 unspecified atom stereocenters. The van der Waals surface area contributed by atoms with Gasteiger partial charge in [0.2, 0.25) is 0 Å². The number of rotatable bonds is 6. The summed E-state index contributed by atoms with van der Waals surface area (Å²) in [7, 11) is 0. The van der Waals surface area contributed by atoms with Crippen LogP contribution in [0.25, 0.3) is 10.2 Å². The summed E-state index contributed by atoms with van der Waals surface area (Å²) in [6.07, 6.45) is 0. The maximum atomic E-state index is 12.1. The van der Waals surface area contributed by atoms with Crippen molar-refractivity contribution in [3.05, 3.63) is 52.6 Å². The van der Waals surface area contributed by atoms with Gasteiger partial charge in [0.05, 0.1) is 10.2 Å². The van der Waals surface area contributed by atoms with Gasteiger partial charge in [-0.2, -0.15) is 0 Å². The zero-order chi connectivity index (χ0) is 20.3. The number of hydrogen-bond donors (Lipinski definition) is 1. The van der Waals surface area contributed by atoms with Gasteiger partial charge in [0.25, 0.3) is 5.91 Å². The number of amides is 1. The van der Waals surface area contributed by atoms with Crippen molar-refractivity contribution >= 4 is 38.6 Å². The van der Waals surface area contributed by atoms with E-state index in [4.69, 9.17) is 9.47 Å². The lowest BCUT2D eigenvalue weighted by Gasteiger charge is -2.10. The van der Waals surface area contributed by atoms with Crippen LogP contribution in [0.2, 0.25) is 0 Å². The first-order chi connectivity index (χ1) is 13.3. The van der Waals surface area contributed by atoms with Gasteiger partial charge in [0.15, 0.2) is 18.3 Å². The van der Waals surface area contributed by atoms with E-state index in [1.54, 1.807) is 6.07 Å². The normalized spacial score (nSPS) is 10.7. The maximum Gasteiger partial charge on any atom is 0.344 e. The molecular weight excluding hydrogens is 376 g/mol. The number of anilines is 1. The van der Waals surface area contributed by atoms with Crippen LogP contribution in [0.4, 0.5) is 5.13 Å². The summed E-state index contributed by atoms with van der Waals surface area (Å²) >= 11 is 1.39. The van der Waals surface area contributed by atoms with Gasteiger partial charge >= 0.3 is 5.97 Å². The molecule has 3 rings (SSSR count). The summed E-state index contributed by atoms with van der Waals surface area (Å²) in [5, 5.41) is 3.16. The molecule has 0 spiro atoms. The number of carbonyl (C=O) groups is 2. The number of fused-ring (bicyclic) bond motifs is 1. The van der Waals surface area contributed by atoms with Gasteiger partial charge in [-0.05, 0) is 62.1 Å². The molecule has 0 atom stereocenters. The number of aromatic nitrogens is 1. The van der Waals surface area contributed by atoms with Crippen molar-refractivity contribution in [1.29, 1.82) is 0 Å². The molecule has 1 N–H and O–H groups in total. The summed E-state index contributed by atoms with van der Waals surface area (Å²) in [5.41, 5.74) is 5.11. The molecule has 28 heavy (non-hydrogen) atoms. The Hall–Kier alpha value is -2.93. The predicted octanol–water partition coefficient (Wildman–Crippen LogP) is 4.09. The van der Waals surface area contributed by atoms with Crippen molar-refractivity contribution in [2.75, 3.05) is 18.5 Å². The average Bonchev–Trinajstić information content (AvgIpc) is 3.03. The number of aryl methyl sites for hydroxylation is 3. The van der Waals surface area contributed by atoms with Crippen molar-refractivity contribution < 1.29 is 19.1 Å². The molecule has 0 aliphatic rings. The molecule has 0 aliphatic heterocycles. The van der Waals surface area contributed by atoms with Crippen LogP contribution in [0.1, 0.15) is 22.3 Å². The summed E-state index contributed by atoms with van der Waals surface area (Å²) in [6.45, 7) is 7.25. The molecule has 1 amide bonds. The third kappa shape index (κ3) is 4.67. The standard InChI is InChI=1S/C21H22N2O4S/c1-12-8-14(3)20-17(9-12)28-21(23-20)22-18(24)10-27-19(25)11-26-16-7-5-6-13(2)15(16)4/h5-9H,10-11H2,1-4H3,(H,22,23,24). The van der Waals surface area contributed by atoms with Crippen LogP contribution in [0.5, 0.6) is 5.75 Å². The minimum absolute atomic E-state index is 0.253. The molecule has 0 fully saturated rings. The number of carbonyl (C=O) groups excluding carboxylic acids is 2. The molecule has 3 aromatic rings. The van der Waals surface area contributed by atoms with E-state index in [2.05, 4.69) is 10.3 Å². The number of benzene rings is 2. The lowest BCUT2D eigenvalue weighted by molar-refractivity contribution is -0.149. The molecule has 0 saturated carbocycles. The number of ether oxygens (including phenoxy) is 2. The van der Waals surface area contributed by atoms with Gasteiger partial charge in [-0.1, -0.05) is 29.5 Å². The van der Waals surface area contributed by atoms with Crippen LogP contribution in [-0.2, 0) is 14.3 Å². The molecule has 6 nitrogen and oxygen atoms in total. The lowest BCUT2D eigenvalue weighted by atomic mass is 10.1. The van der Waals surface area contributed by atoms with E-state index in [0.29, 0.717) is 10.9 Å². The number of nitrogens with zero attached hydrogens (tertiary/aromatic N) is 1. The van der Waals surface area contributed by atoms with Gasteiger partial charge in [-0.15, -0.1) is 0 Å². The molecule has 146 valence electrons. The monoisotopic (exact) mass is 398 g/mol. The first kappa shape index (κ1) is 19.8.